The van der Waals surface area contributed by atoms with E-state index in [-0.39, 0.29) is 9.77 Å². The highest BCUT2D eigenvalue weighted by Gasteiger charge is 2.33. The summed E-state index contributed by atoms with van der Waals surface area (Å²) in [6.45, 7) is 4.49. The molecule has 1 N–H and O–H groups in total. The third kappa shape index (κ3) is 4.08. The minimum atomic E-state index is -3.71. The normalized spacial score (nSPS) is 16.0. The molecular formula is C19H24N2O4S2. The van der Waals surface area contributed by atoms with Crippen molar-refractivity contribution >= 4 is 27.3 Å². The average Bonchev–Trinajstić information content (AvgIpc) is 3.07. The molecule has 1 aliphatic heterocycles. The van der Waals surface area contributed by atoms with Crippen molar-refractivity contribution in [3.63, 3.8) is 0 Å². The number of hydrogen-bond donors (Lipinski definition) is 1. The summed E-state index contributed by atoms with van der Waals surface area (Å²) in [6.07, 6.45) is 0.636. The van der Waals surface area contributed by atoms with Crippen LogP contribution in [0.3, 0.4) is 0 Å². The smallest absolute Gasteiger partial charge is 0.340 e. The quantitative estimate of drug-likeness (QED) is 0.744. The number of nitrogens with one attached hydrogen (secondary N) is 1. The first-order chi connectivity index (χ1) is 12.9. The number of ether oxygens (including phenoxy) is 1. The SMILES string of the molecule is CNS(=O)(=O)c1sc2c(c1C(=O)OC)CCN(CC(C)c1ccccc1)C2. The lowest BCUT2D eigenvalue weighted by atomic mass is 9.98. The zero-order valence-electron chi connectivity index (χ0n) is 15.7. The highest BCUT2D eigenvalue weighted by Crippen LogP contribution is 2.37. The van der Waals surface area contributed by atoms with E-state index < -0.39 is 16.0 Å². The molecule has 0 fully saturated rings. The van der Waals surface area contributed by atoms with Crippen LogP contribution in [0.5, 0.6) is 0 Å². The van der Waals surface area contributed by atoms with Crippen molar-refractivity contribution < 1.29 is 17.9 Å². The van der Waals surface area contributed by atoms with Gasteiger partial charge in [-0.3, -0.25) is 4.90 Å². The van der Waals surface area contributed by atoms with E-state index in [0.29, 0.717) is 18.9 Å². The van der Waals surface area contributed by atoms with E-state index >= 15 is 0 Å². The van der Waals surface area contributed by atoms with Gasteiger partial charge in [-0.2, -0.15) is 0 Å². The van der Waals surface area contributed by atoms with Crippen molar-refractivity contribution in [1.82, 2.24) is 9.62 Å². The maximum atomic E-state index is 12.4. The lowest BCUT2D eigenvalue weighted by Crippen LogP contribution is -2.33. The lowest BCUT2D eigenvalue weighted by molar-refractivity contribution is 0.0595. The van der Waals surface area contributed by atoms with Gasteiger partial charge in [0, 0.05) is 24.5 Å². The molecule has 0 radical (unpaired) electrons. The summed E-state index contributed by atoms with van der Waals surface area (Å²) in [6, 6.07) is 10.3. The van der Waals surface area contributed by atoms with E-state index in [2.05, 4.69) is 28.7 Å². The molecule has 6 nitrogen and oxygen atoms in total. The molecule has 2 aromatic rings. The van der Waals surface area contributed by atoms with Gasteiger partial charge < -0.3 is 4.74 Å². The number of carbonyl (C=O) groups excluding carboxylic acids is 1. The molecule has 2 heterocycles. The summed E-state index contributed by atoms with van der Waals surface area (Å²) in [5.74, 6) is -0.222. The first kappa shape index (κ1) is 20.0. The number of carbonyl (C=O) groups is 1. The largest absolute Gasteiger partial charge is 0.465 e. The molecule has 1 aromatic heterocycles. The summed E-state index contributed by atoms with van der Waals surface area (Å²) < 4.78 is 32.0. The maximum absolute atomic E-state index is 12.4. The average molecular weight is 409 g/mol. The summed E-state index contributed by atoms with van der Waals surface area (Å²) in [5.41, 5.74) is 2.29. The number of fused-ring (bicyclic) bond motifs is 1. The van der Waals surface area contributed by atoms with Crippen molar-refractivity contribution in [2.24, 2.45) is 0 Å². The third-order valence-corrected chi connectivity index (χ3v) is 8.06. The van der Waals surface area contributed by atoms with E-state index in [1.54, 1.807) is 0 Å². The van der Waals surface area contributed by atoms with Crippen molar-refractivity contribution in [1.29, 1.82) is 0 Å². The number of hydrogen-bond acceptors (Lipinski definition) is 6. The van der Waals surface area contributed by atoms with Gasteiger partial charge in [0.1, 0.15) is 4.21 Å². The number of thiophene rings is 1. The van der Waals surface area contributed by atoms with Crippen LogP contribution in [0.25, 0.3) is 0 Å². The molecule has 0 bridgehead atoms. The van der Waals surface area contributed by atoms with Crippen LogP contribution < -0.4 is 4.72 Å². The van der Waals surface area contributed by atoms with Crippen LogP contribution in [0.1, 0.15) is 39.2 Å². The van der Waals surface area contributed by atoms with Gasteiger partial charge in [-0.25, -0.2) is 17.9 Å². The molecule has 146 valence electrons. The minimum Gasteiger partial charge on any atom is -0.465 e. The zero-order chi connectivity index (χ0) is 19.6. The predicted octanol–water partition coefficient (Wildman–Crippen LogP) is 2.60. The molecule has 0 amide bonds. The molecule has 1 unspecified atom stereocenters. The fourth-order valence-electron chi connectivity index (χ4n) is 3.45. The lowest BCUT2D eigenvalue weighted by Gasteiger charge is -2.29. The van der Waals surface area contributed by atoms with Gasteiger partial charge in [0.25, 0.3) is 10.0 Å². The van der Waals surface area contributed by atoms with Crippen molar-refractivity contribution in [3.8, 4) is 0 Å². The van der Waals surface area contributed by atoms with Gasteiger partial charge in [0.15, 0.2) is 0 Å². The van der Waals surface area contributed by atoms with Crippen LogP contribution in [0.4, 0.5) is 0 Å². The highest BCUT2D eigenvalue weighted by atomic mass is 32.2. The Morgan fingerprint density at radius 1 is 1.33 bits per heavy atom. The van der Waals surface area contributed by atoms with Gasteiger partial charge >= 0.3 is 5.97 Å². The van der Waals surface area contributed by atoms with Gasteiger partial charge in [-0.1, -0.05) is 37.3 Å². The molecule has 0 aliphatic carbocycles. The molecule has 0 spiro atoms. The van der Waals surface area contributed by atoms with Crippen molar-refractivity contribution in [2.75, 3.05) is 27.2 Å². The maximum Gasteiger partial charge on any atom is 0.340 e. The van der Waals surface area contributed by atoms with E-state index in [4.69, 9.17) is 4.74 Å². The number of nitrogens with zero attached hydrogens (tertiary/aromatic N) is 1. The van der Waals surface area contributed by atoms with Crippen LogP contribution in [-0.2, 0) is 27.7 Å². The second-order valence-corrected chi connectivity index (χ2v) is 9.85. The van der Waals surface area contributed by atoms with E-state index in [1.807, 2.05) is 18.2 Å². The van der Waals surface area contributed by atoms with Crippen LogP contribution in [0.15, 0.2) is 34.5 Å². The van der Waals surface area contributed by atoms with Crippen molar-refractivity contribution in [2.45, 2.75) is 30.0 Å². The van der Waals surface area contributed by atoms with E-state index in [9.17, 15) is 13.2 Å². The Labute approximate surface area is 164 Å². The minimum absolute atomic E-state index is 0.0554. The molecule has 8 heteroatoms. The Balaban J connectivity index is 1.87. The Morgan fingerprint density at radius 2 is 2.04 bits per heavy atom. The number of esters is 1. The monoisotopic (exact) mass is 408 g/mol. The zero-order valence-corrected chi connectivity index (χ0v) is 17.3. The number of rotatable bonds is 6. The molecule has 0 saturated heterocycles. The van der Waals surface area contributed by atoms with E-state index in [1.165, 1.54) is 31.1 Å². The fourth-order valence-corrected chi connectivity index (χ4v) is 6.21. The first-order valence-corrected chi connectivity index (χ1v) is 11.1. The molecule has 1 atom stereocenters. The van der Waals surface area contributed by atoms with Gasteiger partial charge in [0.2, 0.25) is 0 Å². The Kier molecular flexibility index (Phi) is 6.00. The Bertz CT molecular complexity index is 923. The summed E-state index contributed by atoms with van der Waals surface area (Å²) in [4.78, 5) is 15.5. The molecule has 3 rings (SSSR count). The standard InChI is InChI=1S/C19H24N2O4S2/c1-13(14-7-5-4-6-8-14)11-21-10-9-15-16(12-21)26-19(27(23,24)20-2)17(15)18(22)25-3/h4-8,13,20H,9-12H2,1-3H3. The summed E-state index contributed by atoms with van der Waals surface area (Å²) in [5, 5.41) is 0. The summed E-state index contributed by atoms with van der Waals surface area (Å²) in [7, 11) is -1.09. The number of sulfonamides is 1. The van der Waals surface area contributed by atoms with Crippen molar-refractivity contribution in [3.05, 3.63) is 51.9 Å². The Morgan fingerprint density at radius 3 is 2.67 bits per heavy atom. The van der Waals surface area contributed by atoms with Gasteiger partial charge in [0.05, 0.1) is 12.7 Å². The molecule has 0 saturated carbocycles. The topological polar surface area (TPSA) is 75.7 Å². The molecular weight excluding hydrogens is 384 g/mol. The van der Waals surface area contributed by atoms with Gasteiger partial charge in [-0.15, -0.1) is 11.3 Å². The molecule has 27 heavy (non-hydrogen) atoms. The highest BCUT2D eigenvalue weighted by molar-refractivity contribution is 7.91. The number of methoxy groups -OCH3 is 1. The van der Waals surface area contributed by atoms with Crippen LogP contribution in [0, 0.1) is 0 Å². The fraction of sp³-hybridized carbons (Fsp3) is 0.421. The molecule has 1 aliphatic rings. The number of benzene rings is 1. The Hall–Kier alpha value is -1.74. The first-order valence-electron chi connectivity index (χ1n) is 8.81. The second kappa shape index (κ2) is 8.10. The van der Waals surface area contributed by atoms with Crippen LogP contribution in [-0.4, -0.2) is 46.5 Å². The summed E-state index contributed by atoms with van der Waals surface area (Å²) >= 11 is 1.17. The third-order valence-electron chi connectivity index (χ3n) is 4.91. The van der Waals surface area contributed by atoms with E-state index in [0.717, 1.165) is 23.5 Å². The molecule has 1 aromatic carbocycles. The van der Waals surface area contributed by atoms with Crippen LogP contribution >= 0.6 is 11.3 Å². The van der Waals surface area contributed by atoms with Crippen LogP contribution in [0.2, 0.25) is 0 Å². The second-order valence-electron chi connectivity index (χ2n) is 6.66. The predicted molar refractivity (Wildman–Crippen MR) is 106 cm³/mol. The van der Waals surface area contributed by atoms with Gasteiger partial charge in [-0.05, 0) is 30.5 Å².